The third kappa shape index (κ3) is 12.6. The maximum absolute atomic E-state index is 2.40. The van der Waals surface area contributed by atoms with Crippen LogP contribution < -0.4 is 0 Å². The van der Waals surface area contributed by atoms with Crippen LogP contribution >= 0.6 is 15.8 Å². The molecule has 0 aromatic rings. The number of hydrogen-bond donors (Lipinski definition) is 0. The Labute approximate surface area is 252 Å². The van der Waals surface area contributed by atoms with Crippen molar-refractivity contribution in [3.8, 4) is 0 Å². The van der Waals surface area contributed by atoms with Gasteiger partial charge in [0, 0.05) is 0 Å². The number of rotatable bonds is 9. The van der Waals surface area contributed by atoms with E-state index < -0.39 is 0 Å². The predicted molar refractivity (Wildman–Crippen MR) is 157 cm³/mol. The summed E-state index contributed by atoms with van der Waals surface area (Å²) in [4.78, 5) is 0. The van der Waals surface area contributed by atoms with Crippen LogP contribution in [0.2, 0.25) is 0 Å². The van der Waals surface area contributed by atoms with E-state index in [1.807, 2.05) is 32.1 Å². The first-order chi connectivity index (χ1) is 16.6. The Morgan fingerprint density at radius 1 is 0.500 bits per heavy atom. The van der Waals surface area contributed by atoms with Gasteiger partial charge in [0.2, 0.25) is 0 Å². The van der Waals surface area contributed by atoms with Crippen LogP contribution in [0.3, 0.4) is 0 Å². The summed E-state index contributed by atoms with van der Waals surface area (Å²) in [6, 6.07) is 0. The summed E-state index contributed by atoms with van der Waals surface area (Å²) in [6.45, 7) is 14.1. The van der Waals surface area contributed by atoms with Gasteiger partial charge in [0.1, 0.15) is 0 Å². The van der Waals surface area contributed by atoms with Gasteiger partial charge in [-0.1, -0.05) is 41.5 Å². The first-order valence-corrected chi connectivity index (χ1v) is 16.5. The molecule has 4 saturated carbocycles. The Hall–Kier alpha value is 1.90. The normalized spacial score (nSPS) is 23.0. The summed E-state index contributed by atoms with van der Waals surface area (Å²) in [5.74, 6) is 5.90. The Kier molecular flexibility index (Phi) is 23.8. The van der Waals surface area contributed by atoms with Gasteiger partial charge in [-0.3, -0.25) is 0 Å². The van der Waals surface area contributed by atoms with E-state index in [1.54, 1.807) is 5.92 Å². The molecule has 194 valence electrons. The van der Waals surface area contributed by atoms with Crippen molar-refractivity contribution in [2.45, 2.75) is 52.9 Å². The van der Waals surface area contributed by atoms with E-state index in [4.69, 9.17) is 0 Å². The van der Waals surface area contributed by atoms with Crippen molar-refractivity contribution in [1.82, 2.24) is 0 Å². The van der Waals surface area contributed by atoms with E-state index in [0.29, 0.717) is 0 Å². The topological polar surface area (TPSA) is 0 Å². The van der Waals surface area contributed by atoms with Crippen LogP contribution in [0.25, 0.3) is 0 Å². The van der Waals surface area contributed by atoms with E-state index in [-0.39, 0.29) is 50.0 Å². The fourth-order valence-electron chi connectivity index (χ4n) is 4.55. The van der Waals surface area contributed by atoms with Crippen molar-refractivity contribution < 1.29 is 34.1 Å². The molecule has 4 aliphatic rings. The van der Waals surface area contributed by atoms with E-state index in [9.17, 15) is 0 Å². The molecule has 0 amide bonds. The van der Waals surface area contributed by atoms with Gasteiger partial charge in [-0.25, -0.2) is 0 Å². The largest absolute Gasteiger partial charge is 2.00 e. The SMILES string of the molecule is CCP(CC)[C@H](C)[C]1[CH][CH][CH][CH]1.CCP(CC)[C@H](C)[C]1[CH][CH][CH][C]1[C]1[CH][CH][CH][CH]1.[CH]1[CH][CH][CH][CH]1.[Fe+2].[Fe+2]. The molecular formula is C32H44Fe2P2+4. The fraction of sp³-hybridized carbons (Fsp3) is 0.375. The summed E-state index contributed by atoms with van der Waals surface area (Å²) in [6.07, 6.45) is 39.6. The Bertz CT molecular complexity index is 469. The van der Waals surface area contributed by atoms with Crippen LogP contribution in [-0.4, -0.2) is 36.0 Å². The molecule has 0 bridgehead atoms. The minimum Gasteiger partial charge on any atom is -0.104 e. The van der Waals surface area contributed by atoms with Crippen molar-refractivity contribution in [2.24, 2.45) is 0 Å². The van der Waals surface area contributed by atoms with E-state index in [1.165, 1.54) is 42.4 Å². The minimum atomic E-state index is 0. The minimum absolute atomic E-state index is 0. The third-order valence-corrected chi connectivity index (χ3v) is 12.7. The van der Waals surface area contributed by atoms with E-state index in [2.05, 4.69) is 112 Å². The molecule has 0 aliphatic heterocycles. The first-order valence-electron chi connectivity index (χ1n) is 12.9. The van der Waals surface area contributed by atoms with Gasteiger partial charge in [0.25, 0.3) is 0 Å². The fourth-order valence-corrected chi connectivity index (χ4v) is 8.85. The molecule has 20 radical (unpaired) electrons. The van der Waals surface area contributed by atoms with Gasteiger partial charge < -0.3 is 0 Å². The Balaban J connectivity index is 0.000000563. The third-order valence-electron chi connectivity index (χ3n) is 6.72. The molecule has 0 aromatic heterocycles. The summed E-state index contributed by atoms with van der Waals surface area (Å²) >= 11 is 0. The Morgan fingerprint density at radius 3 is 1.36 bits per heavy atom. The maximum Gasteiger partial charge on any atom is 2.00 e. The summed E-state index contributed by atoms with van der Waals surface area (Å²) in [7, 11) is 0.372. The van der Waals surface area contributed by atoms with Gasteiger partial charge in [0.15, 0.2) is 0 Å². The van der Waals surface area contributed by atoms with Crippen LogP contribution in [0.5, 0.6) is 0 Å². The molecule has 0 heterocycles. The second kappa shape index (κ2) is 22.6. The average Bonchev–Trinajstić information content (AvgIpc) is 3.69. The quantitative estimate of drug-likeness (QED) is 0.184. The van der Waals surface area contributed by atoms with Crippen molar-refractivity contribution in [3.63, 3.8) is 0 Å². The van der Waals surface area contributed by atoms with Crippen molar-refractivity contribution >= 4 is 15.8 Å². The zero-order chi connectivity index (χ0) is 24.8. The molecular weight excluding hydrogens is 558 g/mol. The Morgan fingerprint density at radius 2 is 0.917 bits per heavy atom. The van der Waals surface area contributed by atoms with Gasteiger partial charge in [-0.15, -0.1) is 15.8 Å². The summed E-state index contributed by atoms with van der Waals surface area (Å²) < 4.78 is 0. The molecule has 4 aliphatic carbocycles. The average molecular weight is 602 g/mol. The summed E-state index contributed by atoms with van der Waals surface area (Å²) in [5.41, 5.74) is 1.52. The van der Waals surface area contributed by atoms with Crippen molar-refractivity contribution in [2.75, 3.05) is 24.6 Å². The van der Waals surface area contributed by atoms with Crippen LogP contribution in [0.1, 0.15) is 41.5 Å². The van der Waals surface area contributed by atoms with Crippen LogP contribution in [0, 0.1) is 126 Å². The van der Waals surface area contributed by atoms with Gasteiger partial charge in [-0.2, -0.15) is 0 Å². The molecule has 0 saturated heterocycles. The zero-order valence-corrected chi connectivity index (χ0v) is 26.8. The van der Waals surface area contributed by atoms with Gasteiger partial charge >= 0.3 is 34.1 Å². The molecule has 4 rings (SSSR count). The van der Waals surface area contributed by atoms with Crippen molar-refractivity contribution in [3.05, 3.63) is 126 Å². The molecule has 0 aromatic carbocycles. The van der Waals surface area contributed by atoms with Crippen LogP contribution in [0.15, 0.2) is 0 Å². The van der Waals surface area contributed by atoms with E-state index in [0.717, 1.165) is 11.3 Å². The molecule has 0 spiro atoms. The van der Waals surface area contributed by atoms with Crippen LogP contribution in [-0.2, 0) is 34.1 Å². The van der Waals surface area contributed by atoms with Gasteiger partial charge in [0.05, 0.1) is 0 Å². The monoisotopic (exact) mass is 602 g/mol. The van der Waals surface area contributed by atoms with Gasteiger partial charge in [-0.05, 0) is 162 Å². The van der Waals surface area contributed by atoms with Crippen molar-refractivity contribution in [1.29, 1.82) is 0 Å². The van der Waals surface area contributed by atoms with Crippen LogP contribution in [0.4, 0.5) is 0 Å². The molecule has 0 nitrogen and oxygen atoms in total. The predicted octanol–water partition coefficient (Wildman–Crippen LogP) is 8.40. The maximum atomic E-state index is 2.40. The second-order valence-corrected chi connectivity index (χ2v) is 15.0. The standard InChI is InChI=1S/C16H21P.C11H18P.C5H5.2Fe/c1-4-17(5-2)13(3)15-11-8-12-16(15)14-9-6-7-10-14;1-4-12(5-2)10(3)11-8-6-7-9-11;1-2-4-5-3-1;;/h6-13H,4-5H2,1-3H3;6-10H,4-5H2,1-3H3;1-5H;;/q;;;2*+2/t13-;10-;;;/m11.../s1. The first kappa shape index (κ1) is 37.9. The molecule has 36 heavy (non-hydrogen) atoms. The van der Waals surface area contributed by atoms with E-state index >= 15 is 0 Å². The molecule has 0 N–H and O–H groups in total. The molecule has 2 atom stereocenters. The number of hydrogen-bond acceptors (Lipinski definition) is 0. The zero-order valence-electron chi connectivity index (χ0n) is 22.8. The second-order valence-electron chi connectivity index (χ2n) is 8.54. The molecule has 0 unspecified atom stereocenters. The summed E-state index contributed by atoms with van der Waals surface area (Å²) in [5, 5.41) is 0. The smallest absolute Gasteiger partial charge is 0.104 e. The molecule has 4 fully saturated rings. The molecule has 4 heteroatoms.